The van der Waals surface area contributed by atoms with Crippen molar-refractivity contribution in [3.05, 3.63) is 54.1 Å². The molecule has 2 aromatic rings. The number of anilines is 2. The lowest BCUT2D eigenvalue weighted by Gasteiger charge is -2.34. The van der Waals surface area contributed by atoms with Gasteiger partial charge >= 0.3 is 11.8 Å². The van der Waals surface area contributed by atoms with Crippen LogP contribution in [-0.4, -0.2) is 63.6 Å². The highest BCUT2D eigenvalue weighted by Crippen LogP contribution is 2.22. The minimum Gasteiger partial charge on any atom is -0.495 e. The van der Waals surface area contributed by atoms with Gasteiger partial charge in [0, 0.05) is 38.4 Å². The second kappa shape index (κ2) is 10.6. The predicted octanol–water partition coefficient (Wildman–Crippen LogP) is 2.13. The number of hydrogen-bond donors (Lipinski definition) is 2. The van der Waals surface area contributed by atoms with Crippen molar-refractivity contribution in [1.82, 2.24) is 10.2 Å². The molecule has 7 heteroatoms. The summed E-state index contributed by atoms with van der Waals surface area (Å²) in [5.41, 5.74) is 2.95. The number of nitrogens with one attached hydrogen (secondary N) is 2. The maximum Gasteiger partial charge on any atom is 0.313 e. The number of carbonyl (C=O) groups is 2. The van der Waals surface area contributed by atoms with Crippen LogP contribution in [0.25, 0.3) is 0 Å². The van der Waals surface area contributed by atoms with Gasteiger partial charge in [-0.1, -0.05) is 24.3 Å². The van der Waals surface area contributed by atoms with Crippen molar-refractivity contribution in [2.45, 2.75) is 12.8 Å². The average Bonchev–Trinajstić information content (AvgIpc) is 2.78. The average molecular weight is 411 g/mol. The molecule has 7 nitrogen and oxygen atoms in total. The van der Waals surface area contributed by atoms with Crippen LogP contribution in [0.1, 0.15) is 12.0 Å². The molecule has 2 aromatic carbocycles. The monoisotopic (exact) mass is 410 g/mol. The van der Waals surface area contributed by atoms with Crippen molar-refractivity contribution >= 4 is 23.2 Å². The van der Waals surface area contributed by atoms with Gasteiger partial charge in [0.2, 0.25) is 0 Å². The Balaban J connectivity index is 1.39. The van der Waals surface area contributed by atoms with Crippen LogP contribution in [0.15, 0.2) is 48.5 Å². The molecule has 0 saturated carbocycles. The normalized spacial score (nSPS) is 14.3. The summed E-state index contributed by atoms with van der Waals surface area (Å²) in [6.45, 7) is 4.73. The highest BCUT2D eigenvalue weighted by Gasteiger charge is 2.15. The van der Waals surface area contributed by atoms with Gasteiger partial charge in [-0.05, 0) is 49.7 Å². The van der Waals surface area contributed by atoms with Gasteiger partial charge < -0.3 is 25.2 Å². The van der Waals surface area contributed by atoms with Crippen LogP contribution in [0.3, 0.4) is 0 Å². The molecule has 2 N–H and O–H groups in total. The molecule has 1 saturated heterocycles. The second-order valence-electron chi connectivity index (χ2n) is 7.47. The van der Waals surface area contributed by atoms with Crippen LogP contribution < -0.4 is 20.3 Å². The molecule has 1 aliphatic rings. The van der Waals surface area contributed by atoms with Crippen LogP contribution >= 0.6 is 0 Å². The third-order valence-corrected chi connectivity index (χ3v) is 5.29. The summed E-state index contributed by atoms with van der Waals surface area (Å²) in [4.78, 5) is 28.8. The number of likely N-dealkylation sites (N-methyl/N-ethyl adjacent to an activating group) is 1. The van der Waals surface area contributed by atoms with Crippen molar-refractivity contribution in [2.24, 2.45) is 0 Å². The predicted molar refractivity (Wildman–Crippen MR) is 119 cm³/mol. The highest BCUT2D eigenvalue weighted by atomic mass is 16.5. The minimum absolute atomic E-state index is 0.443. The molecule has 0 unspecified atom stereocenters. The number of rotatable bonds is 7. The van der Waals surface area contributed by atoms with Crippen molar-refractivity contribution in [2.75, 3.05) is 57.1 Å². The van der Waals surface area contributed by atoms with Gasteiger partial charge in [0.05, 0.1) is 12.8 Å². The number of ether oxygens (including phenoxy) is 1. The maximum absolute atomic E-state index is 12.1. The zero-order chi connectivity index (χ0) is 21.3. The molecule has 30 heavy (non-hydrogen) atoms. The lowest BCUT2D eigenvalue weighted by molar-refractivity contribution is -0.136. The van der Waals surface area contributed by atoms with Gasteiger partial charge in [0.1, 0.15) is 5.75 Å². The van der Waals surface area contributed by atoms with Gasteiger partial charge in [-0.15, -0.1) is 0 Å². The Kier molecular flexibility index (Phi) is 7.68. The molecule has 1 aliphatic heterocycles. The van der Waals surface area contributed by atoms with E-state index in [1.54, 1.807) is 24.3 Å². The number of carbonyl (C=O) groups excluding carboxylic acids is 2. The summed E-state index contributed by atoms with van der Waals surface area (Å²) in [6.07, 6.45) is 1.61. The van der Waals surface area contributed by atoms with Crippen LogP contribution in [-0.2, 0) is 16.0 Å². The Bertz CT molecular complexity index is 846. The van der Waals surface area contributed by atoms with Gasteiger partial charge in [-0.25, -0.2) is 0 Å². The molecule has 160 valence electrons. The lowest BCUT2D eigenvalue weighted by atomic mass is 10.1. The molecule has 0 bridgehead atoms. The number of benzene rings is 2. The minimum atomic E-state index is -0.698. The van der Waals surface area contributed by atoms with Crippen molar-refractivity contribution < 1.29 is 14.3 Å². The summed E-state index contributed by atoms with van der Waals surface area (Å²) in [5, 5.41) is 5.25. The third kappa shape index (κ3) is 5.97. The van der Waals surface area contributed by atoms with E-state index in [-0.39, 0.29) is 0 Å². The SMILES string of the molecule is COc1ccccc1NC(=O)C(=O)NCCCc1ccc(N2CCN(C)CC2)cc1. The largest absolute Gasteiger partial charge is 0.495 e. The second-order valence-corrected chi connectivity index (χ2v) is 7.47. The molecule has 0 radical (unpaired) electrons. The fourth-order valence-corrected chi connectivity index (χ4v) is 3.44. The third-order valence-electron chi connectivity index (χ3n) is 5.29. The summed E-state index contributed by atoms with van der Waals surface area (Å²) in [6, 6.07) is 15.6. The first-order valence-corrected chi connectivity index (χ1v) is 10.3. The summed E-state index contributed by atoms with van der Waals surface area (Å²) in [5.74, 6) is -0.832. The van der Waals surface area contributed by atoms with Crippen LogP contribution in [0, 0.1) is 0 Å². The van der Waals surface area contributed by atoms with Gasteiger partial charge in [0.25, 0.3) is 0 Å². The van der Waals surface area contributed by atoms with Gasteiger partial charge in [0.15, 0.2) is 0 Å². The van der Waals surface area contributed by atoms with E-state index in [1.165, 1.54) is 18.4 Å². The molecular formula is C23H30N4O3. The summed E-state index contributed by atoms with van der Waals surface area (Å²) < 4.78 is 5.17. The molecule has 0 atom stereocenters. The molecule has 2 amide bonds. The van der Waals surface area contributed by atoms with E-state index >= 15 is 0 Å². The van der Waals surface area contributed by atoms with E-state index in [2.05, 4.69) is 51.7 Å². The molecule has 0 aromatic heterocycles. The van der Waals surface area contributed by atoms with E-state index in [0.717, 1.165) is 39.0 Å². The van der Waals surface area contributed by atoms with E-state index in [1.807, 2.05) is 0 Å². The van der Waals surface area contributed by atoms with Gasteiger partial charge in [-0.2, -0.15) is 0 Å². The molecular weight excluding hydrogens is 380 g/mol. The summed E-state index contributed by atoms with van der Waals surface area (Å²) in [7, 11) is 3.67. The molecule has 0 spiro atoms. The lowest BCUT2D eigenvalue weighted by Crippen LogP contribution is -2.44. The number of nitrogens with zero attached hydrogens (tertiary/aromatic N) is 2. The first kappa shape index (κ1) is 21.6. The van der Waals surface area contributed by atoms with Crippen LogP contribution in [0.2, 0.25) is 0 Å². The standard InChI is InChI=1S/C23H30N4O3/c1-26-14-16-27(17-15-26)19-11-9-18(10-12-19)6-5-13-24-22(28)23(29)25-20-7-3-4-8-21(20)30-2/h3-4,7-12H,5-6,13-17H2,1-2H3,(H,24,28)(H,25,29). The maximum atomic E-state index is 12.1. The topological polar surface area (TPSA) is 73.9 Å². The number of amides is 2. The number of methoxy groups -OCH3 is 1. The molecule has 1 fully saturated rings. The van der Waals surface area contributed by atoms with Crippen LogP contribution in [0.4, 0.5) is 11.4 Å². The number of aryl methyl sites for hydroxylation is 1. The van der Waals surface area contributed by atoms with E-state index in [9.17, 15) is 9.59 Å². The quantitative estimate of drug-likeness (QED) is 0.540. The van der Waals surface area contributed by atoms with Crippen LogP contribution in [0.5, 0.6) is 5.75 Å². The Labute approximate surface area is 178 Å². The number of hydrogen-bond acceptors (Lipinski definition) is 5. The first-order chi connectivity index (χ1) is 14.6. The Morgan fingerprint density at radius 3 is 2.37 bits per heavy atom. The highest BCUT2D eigenvalue weighted by molar-refractivity contribution is 6.39. The zero-order valence-electron chi connectivity index (χ0n) is 17.7. The van der Waals surface area contributed by atoms with E-state index in [0.29, 0.717) is 18.0 Å². The van der Waals surface area contributed by atoms with Crippen molar-refractivity contribution in [3.63, 3.8) is 0 Å². The van der Waals surface area contributed by atoms with E-state index in [4.69, 9.17) is 4.74 Å². The Hall–Kier alpha value is -3.06. The van der Waals surface area contributed by atoms with E-state index < -0.39 is 11.8 Å². The first-order valence-electron chi connectivity index (χ1n) is 10.3. The van der Waals surface area contributed by atoms with Gasteiger partial charge in [-0.3, -0.25) is 9.59 Å². The van der Waals surface area contributed by atoms with Crippen molar-refractivity contribution in [3.8, 4) is 5.75 Å². The number of piperazine rings is 1. The number of para-hydroxylation sites is 2. The fraction of sp³-hybridized carbons (Fsp3) is 0.391. The zero-order valence-corrected chi connectivity index (χ0v) is 17.7. The Morgan fingerprint density at radius 2 is 1.67 bits per heavy atom. The van der Waals surface area contributed by atoms with Crippen molar-refractivity contribution in [1.29, 1.82) is 0 Å². The molecule has 3 rings (SSSR count). The summed E-state index contributed by atoms with van der Waals surface area (Å²) >= 11 is 0. The molecule has 0 aliphatic carbocycles. The Morgan fingerprint density at radius 1 is 0.967 bits per heavy atom. The fourth-order valence-electron chi connectivity index (χ4n) is 3.44. The smallest absolute Gasteiger partial charge is 0.313 e. The molecule has 1 heterocycles.